The average molecular weight is 355 g/mol. The van der Waals surface area contributed by atoms with Gasteiger partial charge in [0, 0.05) is 48.8 Å². The number of hydrogen-bond donors (Lipinski definition) is 0. The number of fused-ring (bicyclic) bond motifs is 2. The third kappa shape index (κ3) is 2.67. The quantitative estimate of drug-likeness (QED) is 0.773. The molecule has 0 aliphatic carbocycles. The molecule has 2 saturated heterocycles. The Balaban J connectivity index is 1.81. The van der Waals surface area contributed by atoms with Gasteiger partial charge in [0.05, 0.1) is 18.2 Å². The molecule has 4 rings (SSSR count). The van der Waals surface area contributed by atoms with Crippen molar-refractivity contribution in [3.05, 3.63) is 33.3 Å². The van der Waals surface area contributed by atoms with E-state index in [1.165, 1.54) is 5.57 Å². The van der Waals surface area contributed by atoms with Crippen molar-refractivity contribution in [2.24, 2.45) is 0 Å². The highest BCUT2D eigenvalue weighted by Crippen LogP contribution is 2.46. The molecule has 0 radical (unpaired) electrons. The number of piperidine rings is 1. The van der Waals surface area contributed by atoms with Gasteiger partial charge in [0.25, 0.3) is 0 Å². The Morgan fingerprint density at radius 2 is 1.91 bits per heavy atom. The Kier molecular flexibility index (Phi) is 4.06. The number of hydrogen-bond acceptors (Lipinski definition) is 4. The van der Waals surface area contributed by atoms with Crippen LogP contribution in [0, 0.1) is 0 Å². The van der Waals surface area contributed by atoms with Crippen molar-refractivity contribution in [1.82, 2.24) is 9.80 Å². The zero-order chi connectivity index (χ0) is 16.0. The van der Waals surface area contributed by atoms with E-state index in [0.717, 1.165) is 57.1 Å². The van der Waals surface area contributed by atoms with E-state index < -0.39 is 5.72 Å². The van der Waals surface area contributed by atoms with Crippen LogP contribution in [0.25, 0.3) is 6.08 Å². The zero-order valence-corrected chi connectivity index (χ0v) is 14.7. The second-order valence-corrected chi connectivity index (χ2v) is 7.29. The number of ether oxygens (including phenoxy) is 2. The van der Waals surface area contributed by atoms with Crippen LogP contribution >= 0.6 is 23.2 Å². The van der Waals surface area contributed by atoms with E-state index in [-0.39, 0.29) is 0 Å². The van der Waals surface area contributed by atoms with Crippen molar-refractivity contribution >= 4 is 29.3 Å². The summed E-state index contributed by atoms with van der Waals surface area (Å²) >= 11 is 12.6. The molecule has 2 fully saturated rings. The van der Waals surface area contributed by atoms with E-state index in [1.807, 2.05) is 6.07 Å². The van der Waals surface area contributed by atoms with Gasteiger partial charge in [-0.1, -0.05) is 23.2 Å². The fraction of sp³-hybridized carbons (Fsp3) is 0.529. The number of rotatable bonds is 1. The lowest BCUT2D eigenvalue weighted by atomic mass is 9.88. The lowest BCUT2D eigenvalue weighted by molar-refractivity contribution is -0.117. The summed E-state index contributed by atoms with van der Waals surface area (Å²) < 4.78 is 12.1. The van der Waals surface area contributed by atoms with Crippen LogP contribution in [0.15, 0.2) is 17.7 Å². The maximum Gasteiger partial charge on any atom is 0.188 e. The van der Waals surface area contributed by atoms with E-state index >= 15 is 0 Å². The van der Waals surface area contributed by atoms with Crippen LogP contribution in [0.4, 0.5) is 0 Å². The van der Waals surface area contributed by atoms with Crippen molar-refractivity contribution in [3.63, 3.8) is 0 Å². The van der Waals surface area contributed by atoms with E-state index in [0.29, 0.717) is 10.0 Å². The highest BCUT2D eigenvalue weighted by atomic mass is 35.5. The number of morpholine rings is 1. The molecule has 3 heterocycles. The van der Waals surface area contributed by atoms with E-state index in [4.69, 9.17) is 32.7 Å². The number of likely N-dealkylation sites (N-methyl/N-ethyl adjacent to an activating group) is 1. The zero-order valence-electron chi connectivity index (χ0n) is 13.1. The van der Waals surface area contributed by atoms with E-state index in [9.17, 15) is 0 Å². The van der Waals surface area contributed by atoms with Crippen molar-refractivity contribution < 1.29 is 9.47 Å². The van der Waals surface area contributed by atoms with Gasteiger partial charge >= 0.3 is 0 Å². The van der Waals surface area contributed by atoms with Crippen LogP contribution in [0.1, 0.15) is 12.0 Å². The van der Waals surface area contributed by atoms with E-state index in [2.05, 4.69) is 22.9 Å². The maximum absolute atomic E-state index is 6.58. The van der Waals surface area contributed by atoms with Gasteiger partial charge in [0.1, 0.15) is 5.75 Å². The van der Waals surface area contributed by atoms with Gasteiger partial charge in [0.15, 0.2) is 5.72 Å². The van der Waals surface area contributed by atoms with Crippen LogP contribution in [0.3, 0.4) is 0 Å². The molecule has 1 unspecified atom stereocenters. The average Bonchev–Trinajstić information content (AvgIpc) is 2.54. The molecule has 1 aromatic rings. The van der Waals surface area contributed by atoms with Gasteiger partial charge in [0.2, 0.25) is 0 Å². The lowest BCUT2D eigenvalue weighted by Gasteiger charge is -2.52. The van der Waals surface area contributed by atoms with Gasteiger partial charge in [-0.3, -0.25) is 4.90 Å². The molecule has 1 aromatic carbocycles. The van der Waals surface area contributed by atoms with Gasteiger partial charge in [-0.2, -0.15) is 0 Å². The predicted octanol–water partition coefficient (Wildman–Crippen LogP) is 3.13. The first kappa shape index (κ1) is 15.7. The van der Waals surface area contributed by atoms with Crippen LogP contribution in [0.2, 0.25) is 10.0 Å². The smallest absolute Gasteiger partial charge is 0.188 e. The van der Waals surface area contributed by atoms with Crippen LogP contribution < -0.4 is 4.74 Å². The fourth-order valence-electron chi connectivity index (χ4n) is 3.77. The molecule has 23 heavy (non-hydrogen) atoms. The van der Waals surface area contributed by atoms with Crippen LogP contribution in [-0.4, -0.2) is 62.0 Å². The second-order valence-electron chi connectivity index (χ2n) is 6.45. The largest absolute Gasteiger partial charge is 0.466 e. The molecule has 0 saturated carbocycles. The fourth-order valence-corrected chi connectivity index (χ4v) is 4.32. The van der Waals surface area contributed by atoms with Crippen molar-refractivity contribution in [3.8, 4) is 5.75 Å². The molecule has 3 aliphatic rings. The Bertz CT molecular complexity index is 658. The molecule has 3 aliphatic heterocycles. The second kappa shape index (κ2) is 5.94. The SMILES string of the molecule is CN1CCC2(N3CCOCC3)Oc3c(Cl)cc(Cl)cc3C=C2C1. The molecule has 0 amide bonds. The summed E-state index contributed by atoms with van der Waals surface area (Å²) in [4.78, 5) is 4.73. The standard InChI is InChI=1S/C17H20Cl2N2O2/c1-20-3-2-17(21-4-6-22-7-5-21)13(11-20)8-12-9-14(18)10-15(19)16(12)23-17/h8-10H,2-7,11H2,1H3. The number of nitrogens with zero attached hydrogens (tertiary/aromatic N) is 2. The minimum atomic E-state index is -0.402. The normalized spacial score (nSPS) is 28.6. The molecule has 0 bridgehead atoms. The number of likely N-dealkylation sites (tertiary alicyclic amines) is 1. The Hall–Kier alpha value is -0.780. The Labute approximate surface area is 146 Å². The molecule has 4 nitrogen and oxygen atoms in total. The van der Waals surface area contributed by atoms with Crippen LogP contribution in [0.5, 0.6) is 5.75 Å². The summed E-state index contributed by atoms with van der Waals surface area (Å²) in [7, 11) is 2.14. The summed E-state index contributed by atoms with van der Waals surface area (Å²) in [6, 6.07) is 3.68. The van der Waals surface area contributed by atoms with Crippen molar-refractivity contribution in [2.45, 2.75) is 12.1 Å². The molecule has 6 heteroatoms. The first-order chi connectivity index (χ1) is 11.1. The molecular formula is C17H20Cl2N2O2. The summed E-state index contributed by atoms with van der Waals surface area (Å²) in [6.45, 7) is 5.13. The number of halogens is 2. The van der Waals surface area contributed by atoms with Gasteiger partial charge < -0.3 is 14.4 Å². The van der Waals surface area contributed by atoms with Crippen molar-refractivity contribution in [2.75, 3.05) is 46.4 Å². The maximum atomic E-state index is 6.58. The number of benzene rings is 1. The van der Waals surface area contributed by atoms with Gasteiger partial charge in [-0.05, 0) is 25.3 Å². The highest BCUT2D eigenvalue weighted by Gasteiger charge is 2.48. The lowest BCUT2D eigenvalue weighted by Crippen LogP contribution is -2.63. The summed E-state index contributed by atoms with van der Waals surface area (Å²) in [5, 5.41) is 1.21. The van der Waals surface area contributed by atoms with E-state index in [1.54, 1.807) is 6.07 Å². The third-order valence-corrected chi connectivity index (χ3v) is 5.43. The van der Waals surface area contributed by atoms with Crippen molar-refractivity contribution in [1.29, 1.82) is 0 Å². The summed E-state index contributed by atoms with van der Waals surface area (Å²) in [5.41, 5.74) is 1.84. The first-order valence-electron chi connectivity index (χ1n) is 7.99. The van der Waals surface area contributed by atoms with Gasteiger partial charge in [-0.25, -0.2) is 0 Å². The minimum Gasteiger partial charge on any atom is -0.466 e. The van der Waals surface area contributed by atoms with Crippen LogP contribution in [-0.2, 0) is 4.74 Å². The summed E-state index contributed by atoms with van der Waals surface area (Å²) in [5.74, 6) is 0.746. The molecule has 1 atom stereocenters. The monoisotopic (exact) mass is 354 g/mol. The predicted molar refractivity (Wildman–Crippen MR) is 92.3 cm³/mol. The molecule has 0 spiro atoms. The van der Waals surface area contributed by atoms with Gasteiger partial charge in [-0.15, -0.1) is 0 Å². The molecular weight excluding hydrogens is 335 g/mol. The topological polar surface area (TPSA) is 24.9 Å². The molecule has 0 N–H and O–H groups in total. The Morgan fingerprint density at radius 3 is 2.70 bits per heavy atom. The minimum absolute atomic E-state index is 0.402. The third-order valence-electron chi connectivity index (χ3n) is 4.93. The molecule has 124 valence electrons. The molecule has 0 aromatic heterocycles. The first-order valence-corrected chi connectivity index (χ1v) is 8.74. The summed E-state index contributed by atoms with van der Waals surface area (Å²) in [6.07, 6.45) is 3.13. The Morgan fingerprint density at radius 1 is 1.13 bits per heavy atom. The highest BCUT2D eigenvalue weighted by molar-refractivity contribution is 6.36.